The topological polar surface area (TPSA) is 12.9 Å². The molecule has 1 unspecified atom stereocenters. The summed E-state index contributed by atoms with van der Waals surface area (Å²) in [6, 6.07) is 19.5. The third-order valence-electron chi connectivity index (χ3n) is 5.57. The molecule has 0 radical (unpaired) electrons. The third-order valence-corrected chi connectivity index (χ3v) is 5.87. The van der Waals surface area contributed by atoms with Crippen LogP contribution < -0.4 is 0 Å². The number of aryl methyl sites for hydroxylation is 1. The fourth-order valence-corrected chi connectivity index (χ4v) is 4.68. The van der Waals surface area contributed by atoms with Gasteiger partial charge >= 0.3 is 0 Å². The SMILES string of the molecule is Clc1cc2ccccc2c2ccc3c(c12)CCC(c1ccncc1)C3. The Morgan fingerprint density at radius 3 is 2.64 bits per heavy atom. The lowest BCUT2D eigenvalue weighted by Gasteiger charge is -2.26. The molecular formula is C23H18ClN. The zero-order valence-electron chi connectivity index (χ0n) is 13.9. The van der Waals surface area contributed by atoms with E-state index in [1.54, 1.807) is 0 Å². The van der Waals surface area contributed by atoms with Gasteiger partial charge in [0.15, 0.2) is 0 Å². The summed E-state index contributed by atoms with van der Waals surface area (Å²) in [5.41, 5.74) is 4.28. The Hall–Kier alpha value is -2.38. The van der Waals surface area contributed by atoms with Gasteiger partial charge in [0, 0.05) is 22.8 Å². The molecular weight excluding hydrogens is 326 g/mol. The maximum atomic E-state index is 6.72. The van der Waals surface area contributed by atoms with E-state index in [0.29, 0.717) is 5.92 Å². The molecule has 2 heteroatoms. The molecule has 1 heterocycles. The molecule has 1 atom stereocenters. The normalized spacial score (nSPS) is 16.9. The van der Waals surface area contributed by atoms with Crippen LogP contribution in [0.1, 0.15) is 29.0 Å². The largest absolute Gasteiger partial charge is 0.265 e. The second-order valence-electron chi connectivity index (χ2n) is 6.93. The fourth-order valence-electron chi connectivity index (χ4n) is 4.35. The van der Waals surface area contributed by atoms with E-state index in [2.05, 4.69) is 59.6 Å². The Morgan fingerprint density at radius 1 is 0.920 bits per heavy atom. The molecule has 1 aromatic heterocycles. The lowest BCUT2D eigenvalue weighted by molar-refractivity contribution is 0.587. The summed E-state index contributed by atoms with van der Waals surface area (Å²) in [4.78, 5) is 4.15. The molecule has 0 aliphatic heterocycles. The molecule has 0 saturated heterocycles. The maximum absolute atomic E-state index is 6.72. The van der Waals surface area contributed by atoms with Crippen LogP contribution in [0, 0.1) is 0 Å². The van der Waals surface area contributed by atoms with Crippen molar-refractivity contribution in [3.63, 3.8) is 0 Å². The second-order valence-corrected chi connectivity index (χ2v) is 7.33. The van der Waals surface area contributed by atoms with Gasteiger partial charge in [-0.05, 0) is 76.2 Å². The molecule has 4 aromatic rings. The Morgan fingerprint density at radius 2 is 1.76 bits per heavy atom. The molecule has 122 valence electrons. The van der Waals surface area contributed by atoms with Gasteiger partial charge in [0.05, 0.1) is 0 Å². The van der Waals surface area contributed by atoms with Crippen molar-refractivity contribution in [2.75, 3.05) is 0 Å². The van der Waals surface area contributed by atoms with E-state index >= 15 is 0 Å². The number of halogens is 1. The lowest BCUT2D eigenvalue weighted by atomic mass is 9.78. The van der Waals surface area contributed by atoms with Crippen LogP contribution in [0.4, 0.5) is 0 Å². The third kappa shape index (κ3) is 2.42. The minimum Gasteiger partial charge on any atom is -0.265 e. The Kier molecular flexibility index (Phi) is 3.50. The van der Waals surface area contributed by atoms with Crippen LogP contribution >= 0.6 is 11.6 Å². The van der Waals surface area contributed by atoms with E-state index in [1.807, 2.05) is 12.4 Å². The summed E-state index contributed by atoms with van der Waals surface area (Å²) in [5.74, 6) is 0.576. The molecule has 1 aliphatic rings. The highest BCUT2D eigenvalue weighted by Gasteiger charge is 2.23. The van der Waals surface area contributed by atoms with Gasteiger partial charge in [0.2, 0.25) is 0 Å². The molecule has 0 fully saturated rings. The quantitative estimate of drug-likeness (QED) is 0.369. The fraction of sp³-hybridized carbons (Fsp3) is 0.174. The van der Waals surface area contributed by atoms with Gasteiger partial charge in [-0.15, -0.1) is 0 Å². The Balaban J connectivity index is 1.68. The number of pyridine rings is 1. The average molecular weight is 344 g/mol. The van der Waals surface area contributed by atoms with Crippen LogP contribution in [0.5, 0.6) is 0 Å². The lowest BCUT2D eigenvalue weighted by Crippen LogP contribution is -2.13. The monoisotopic (exact) mass is 343 g/mol. The van der Waals surface area contributed by atoms with Crippen molar-refractivity contribution in [2.24, 2.45) is 0 Å². The van der Waals surface area contributed by atoms with Gasteiger partial charge in [0.1, 0.15) is 0 Å². The molecule has 0 amide bonds. The van der Waals surface area contributed by atoms with Crippen molar-refractivity contribution in [3.05, 3.63) is 88.7 Å². The Labute approximate surface area is 152 Å². The predicted octanol–water partition coefficient (Wildman–Crippen LogP) is 6.31. The molecule has 1 nitrogen and oxygen atoms in total. The molecule has 0 bridgehead atoms. The number of fused-ring (bicyclic) bond motifs is 5. The zero-order chi connectivity index (χ0) is 16.8. The van der Waals surface area contributed by atoms with E-state index in [0.717, 1.165) is 17.9 Å². The van der Waals surface area contributed by atoms with E-state index in [9.17, 15) is 0 Å². The molecule has 3 aromatic carbocycles. The van der Waals surface area contributed by atoms with Crippen LogP contribution in [0.3, 0.4) is 0 Å². The molecule has 0 spiro atoms. The first-order valence-corrected chi connectivity index (χ1v) is 9.21. The summed E-state index contributed by atoms with van der Waals surface area (Å²) in [5, 5.41) is 5.93. The number of benzene rings is 3. The minimum absolute atomic E-state index is 0.576. The molecule has 25 heavy (non-hydrogen) atoms. The summed E-state index contributed by atoms with van der Waals surface area (Å²) < 4.78 is 0. The van der Waals surface area contributed by atoms with Gasteiger partial charge in [0.25, 0.3) is 0 Å². The summed E-state index contributed by atoms with van der Waals surface area (Å²) >= 11 is 6.72. The first-order valence-electron chi connectivity index (χ1n) is 8.83. The molecule has 5 rings (SSSR count). The average Bonchev–Trinajstić information content (AvgIpc) is 2.68. The van der Waals surface area contributed by atoms with Crippen molar-refractivity contribution in [2.45, 2.75) is 25.2 Å². The van der Waals surface area contributed by atoms with Gasteiger partial charge in [-0.3, -0.25) is 4.98 Å². The molecule has 0 saturated carbocycles. The molecule has 0 N–H and O–H groups in total. The van der Waals surface area contributed by atoms with Gasteiger partial charge < -0.3 is 0 Å². The highest BCUT2D eigenvalue weighted by molar-refractivity contribution is 6.38. The number of hydrogen-bond donors (Lipinski definition) is 0. The number of hydrogen-bond acceptors (Lipinski definition) is 1. The van der Waals surface area contributed by atoms with Crippen molar-refractivity contribution < 1.29 is 0 Å². The maximum Gasteiger partial charge on any atom is 0.0493 e. The van der Waals surface area contributed by atoms with Gasteiger partial charge in [-0.25, -0.2) is 0 Å². The van der Waals surface area contributed by atoms with Gasteiger partial charge in [-0.2, -0.15) is 0 Å². The van der Waals surface area contributed by atoms with Crippen molar-refractivity contribution in [1.29, 1.82) is 0 Å². The van der Waals surface area contributed by atoms with Crippen LogP contribution in [-0.2, 0) is 12.8 Å². The summed E-state index contributed by atoms with van der Waals surface area (Å²) in [6.45, 7) is 0. The minimum atomic E-state index is 0.576. The summed E-state index contributed by atoms with van der Waals surface area (Å²) in [6.07, 6.45) is 7.12. The van der Waals surface area contributed by atoms with Gasteiger partial charge in [-0.1, -0.05) is 48.0 Å². The van der Waals surface area contributed by atoms with Crippen molar-refractivity contribution >= 4 is 33.1 Å². The van der Waals surface area contributed by atoms with Crippen molar-refractivity contribution in [1.82, 2.24) is 4.98 Å². The zero-order valence-corrected chi connectivity index (χ0v) is 14.6. The molecule has 1 aliphatic carbocycles. The van der Waals surface area contributed by atoms with E-state index in [1.165, 1.54) is 44.7 Å². The van der Waals surface area contributed by atoms with E-state index in [-0.39, 0.29) is 0 Å². The highest BCUT2D eigenvalue weighted by atomic mass is 35.5. The number of nitrogens with zero attached hydrogens (tertiary/aromatic N) is 1. The Bertz CT molecular complexity index is 1090. The van der Waals surface area contributed by atoms with E-state index in [4.69, 9.17) is 11.6 Å². The second kappa shape index (κ2) is 5.86. The predicted molar refractivity (Wildman–Crippen MR) is 105 cm³/mol. The van der Waals surface area contributed by atoms with Crippen LogP contribution in [0.25, 0.3) is 21.5 Å². The number of rotatable bonds is 1. The van der Waals surface area contributed by atoms with Crippen molar-refractivity contribution in [3.8, 4) is 0 Å². The van der Waals surface area contributed by atoms with Crippen LogP contribution in [-0.4, -0.2) is 4.98 Å². The summed E-state index contributed by atoms with van der Waals surface area (Å²) in [7, 11) is 0. The first-order chi connectivity index (χ1) is 12.3. The van der Waals surface area contributed by atoms with Crippen LogP contribution in [0.2, 0.25) is 5.02 Å². The first kappa shape index (κ1) is 14.9. The smallest absolute Gasteiger partial charge is 0.0493 e. The van der Waals surface area contributed by atoms with Crippen LogP contribution in [0.15, 0.2) is 67.0 Å². The highest BCUT2D eigenvalue weighted by Crippen LogP contribution is 2.40. The number of aromatic nitrogens is 1. The van der Waals surface area contributed by atoms with E-state index < -0.39 is 0 Å². The standard InChI is InChI=1S/C23H18ClN/c24-22-14-17-3-1-2-4-19(17)21-8-6-18-13-16(5-7-20(18)23(21)22)15-9-11-25-12-10-15/h1-4,6,8-12,14,16H,5,7,13H2.